The van der Waals surface area contributed by atoms with E-state index in [1.165, 1.54) is 0 Å². The van der Waals surface area contributed by atoms with Gasteiger partial charge in [-0.15, -0.1) is 12.4 Å². The second-order valence-corrected chi connectivity index (χ2v) is 5.92. The van der Waals surface area contributed by atoms with E-state index in [9.17, 15) is 9.90 Å². The molecule has 0 radical (unpaired) electrons. The third-order valence-electron chi connectivity index (χ3n) is 4.68. The van der Waals surface area contributed by atoms with Gasteiger partial charge in [-0.25, -0.2) is 4.79 Å². The molecular weight excluding hydrogens is 338 g/mol. The second kappa shape index (κ2) is 8.48. The molecule has 0 bridgehead atoms. The van der Waals surface area contributed by atoms with Gasteiger partial charge in [-0.1, -0.05) is 50.2 Å². The largest absolute Gasteiger partial charge is 0.461 e. The first kappa shape index (κ1) is 19.4. The molecule has 1 atom stereocenters. The van der Waals surface area contributed by atoms with E-state index >= 15 is 0 Å². The number of benzene rings is 2. The Morgan fingerprint density at radius 3 is 2.48 bits per heavy atom. The fraction of sp³-hybridized carbons (Fsp3) is 0.350. The number of halogens is 1. The highest BCUT2D eigenvalue weighted by Gasteiger charge is 2.31. The van der Waals surface area contributed by atoms with Crippen LogP contribution >= 0.6 is 12.4 Å². The lowest BCUT2D eigenvalue weighted by molar-refractivity contribution is 0.0462. The van der Waals surface area contributed by atoms with Crippen molar-refractivity contribution in [2.75, 3.05) is 26.2 Å². The maximum absolute atomic E-state index is 12.5. The van der Waals surface area contributed by atoms with Gasteiger partial charge in [0.1, 0.15) is 12.7 Å². The molecule has 0 aliphatic heterocycles. The summed E-state index contributed by atoms with van der Waals surface area (Å²) in [5.74, 6) is -0.370. The molecule has 0 amide bonds. The molecule has 2 aromatic carbocycles. The van der Waals surface area contributed by atoms with Gasteiger partial charge in [0, 0.05) is 12.1 Å². The first-order valence-electron chi connectivity index (χ1n) is 8.47. The third-order valence-corrected chi connectivity index (χ3v) is 4.68. The molecule has 4 nitrogen and oxygen atoms in total. The van der Waals surface area contributed by atoms with E-state index in [2.05, 4.69) is 18.7 Å². The molecule has 0 aromatic heterocycles. The van der Waals surface area contributed by atoms with Crippen LogP contribution in [0.3, 0.4) is 0 Å². The van der Waals surface area contributed by atoms with Crippen LogP contribution in [0.2, 0.25) is 0 Å². The van der Waals surface area contributed by atoms with Crippen LogP contribution < -0.4 is 0 Å². The maximum Gasteiger partial charge on any atom is 0.338 e. The summed E-state index contributed by atoms with van der Waals surface area (Å²) in [5.41, 5.74) is 3.85. The highest BCUT2D eigenvalue weighted by Crippen LogP contribution is 2.44. The molecule has 0 spiro atoms. The van der Waals surface area contributed by atoms with E-state index in [4.69, 9.17) is 4.74 Å². The van der Waals surface area contributed by atoms with Crippen LogP contribution in [0.25, 0.3) is 11.1 Å². The lowest BCUT2D eigenvalue weighted by Crippen LogP contribution is -2.28. The predicted molar refractivity (Wildman–Crippen MR) is 101 cm³/mol. The van der Waals surface area contributed by atoms with Crippen molar-refractivity contribution in [1.82, 2.24) is 4.90 Å². The van der Waals surface area contributed by atoms with Crippen LogP contribution in [-0.4, -0.2) is 42.2 Å². The molecule has 134 valence electrons. The number of aliphatic hydroxyl groups excluding tert-OH is 1. The standard InChI is InChI=1S/C20H23NO3.ClH/c1-3-21(4-2)12-13-24-20(23)17-11-7-10-15-14-8-5-6-9-16(14)19(22)18(15)17;/h5-11,19,22H,3-4,12-13H2,1-2H3;1H. The summed E-state index contributed by atoms with van der Waals surface area (Å²) in [4.78, 5) is 14.7. The summed E-state index contributed by atoms with van der Waals surface area (Å²) in [6, 6.07) is 13.2. The van der Waals surface area contributed by atoms with Crippen LogP contribution in [0.15, 0.2) is 42.5 Å². The van der Waals surface area contributed by atoms with Crippen molar-refractivity contribution in [3.8, 4) is 11.1 Å². The number of fused-ring (bicyclic) bond motifs is 3. The summed E-state index contributed by atoms with van der Waals surface area (Å²) < 4.78 is 5.44. The highest BCUT2D eigenvalue weighted by atomic mass is 35.5. The Morgan fingerprint density at radius 1 is 1.08 bits per heavy atom. The van der Waals surface area contributed by atoms with Gasteiger partial charge in [-0.3, -0.25) is 0 Å². The van der Waals surface area contributed by atoms with Crippen molar-refractivity contribution >= 4 is 18.4 Å². The Labute approximate surface area is 154 Å². The van der Waals surface area contributed by atoms with Crippen LogP contribution in [0.1, 0.15) is 41.4 Å². The van der Waals surface area contributed by atoms with Gasteiger partial charge in [0.2, 0.25) is 0 Å². The Kier molecular flexibility index (Phi) is 6.59. The number of esters is 1. The molecule has 0 saturated carbocycles. The van der Waals surface area contributed by atoms with Crippen molar-refractivity contribution < 1.29 is 14.6 Å². The average Bonchev–Trinajstić information content (AvgIpc) is 2.92. The highest BCUT2D eigenvalue weighted by molar-refractivity contribution is 5.96. The molecule has 1 aliphatic rings. The van der Waals surface area contributed by atoms with E-state index in [0.29, 0.717) is 17.7 Å². The molecule has 5 heteroatoms. The Morgan fingerprint density at radius 2 is 1.76 bits per heavy atom. The summed E-state index contributed by atoms with van der Waals surface area (Å²) in [6.07, 6.45) is -0.775. The maximum atomic E-state index is 12.5. The number of nitrogens with zero attached hydrogens (tertiary/aromatic N) is 1. The lowest BCUT2D eigenvalue weighted by Gasteiger charge is -2.18. The topological polar surface area (TPSA) is 49.8 Å². The zero-order valence-corrected chi connectivity index (χ0v) is 15.4. The first-order valence-corrected chi connectivity index (χ1v) is 8.47. The van der Waals surface area contributed by atoms with Crippen LogP contribution in [-0.2, 0) is 4.74 Å². The van der Waals surface area contributed by atoms with Crippen molar-refractivity contribution in [2.24, 2.45) is 0 Å². The van der Waals surface area contributed by atoms with E-state index < -0.39 is 6.10 Å². The van der Waals surface area contributed by atoms with Crippen molar-refractivity contribution in [3.63, 3.8) is 0 Å². The average molecular weight is 362 g/mol. The molecule has 1 unspecified atom stereocenters. The minimum atomic E-state index is -0.775. The monoisotopic (exact) mass is 361 g/mol. The smallest absolute Gasteiger partial charge is 0.338 e. The van der Waals surface area contributed by atoms with Gasteiger partial charge >= 0.3 is 5.97 Å². The zero-order chi connectivity index (χ0) is 17.1. The van der Waals surface area contributed by atoms with E-state index in [0.717, 1.165) is 36.3 Å². The minimum Gasteiger partial charge on any atom is -0.461 e. The fourth-order valence-electron chi connectivity index (χ4n) is 3.29. The zero-order valence-electron chi connectivity index (χ0n) is 14.6. The number of aliphatic hydroxyl groups is 1. The Bertz CT molecular complexity index is 743. The van der Waals surface area contributed by atoms with E-state index in [-0.39, 0.29) is 18.4 Å². The molecule has 0 fully saturated rings. The number of rotatable bonds is 6. The molecule has 1 aliphatic carbocycles. The van der Waals surface area contributed by atoms with Crippen LogP contribution in [0.5, 0.6) is 0 Å². The van der Waals surface area contributed by atoms with Crippen LogP contribution in [0.4, 0.5) is 0 Å². The van der Waals surface area contributed by atoms with Gasteiger partial charge in [-0.2, -0.15) is 0 Å². The molecule has 0 saturated heterocycles. The van der Waals surface area contributed by atoms with Gasteiger partial charge in [0.25, 0.3) is 0 Å². The van der Waals surface area contributed by atoms with Gasteiger partial charge < -0.3 is 14.7 Å². The predicted octanol–water partition coefficient (Wildman–Crippen LogP) is 3.67. The van der Waals surface area contributed by atoms with E-state index in [1.54, 1.807) is 6.07 Å². The molecule has 0 heterocycles. The fourth-order valence-corrected chi connectivity index (χ4v) is 3.29. The summed E-state index contributed by atoms with van der Waals surface area (Å²) in [5, 5.41) is 10.6. The quantitative estimate of drug-likeness (QED) is 0.797. The SMILES string of the molecule is CCN(CC)CCOC(=O)c1cccc2c1C(O)c1ccccc1-2.Cl. The summed E-state index contributed by atoms with van der Waals surface area (Å²) >= 11 is 0. The summed E-state index contributed by atoms with van der Waals surface area (Å²) in [7, 11) is 0. The van der Waals surface area contributed by atoms with Gasteiger partial charge in [0.15, 0.2) is 0 Å². The number of ether oxygens (including phenoxy) is 1. The molecule has 1 N–H and O–H groups in total. The molecular formula is C20H24ClNO3. The molecule has 25 heavy (non-hydrogen) atoms. The van der Waals surface area contributed by atoms with Gasteiger partial charge in [0.05, 0.1) is 5.56 Å². The molecule has 3 rings (SSSR count). The number of carbonyl (C=O) groups excluding carboxylic acids is 1. The minimum absolute atomic E-state index is 0. The number of likely N-dealkylation sites (N-methyl/N-ethyl adjacent to an activating group) is 1. The molecule has 2 aromatic rings. The lowest BCUT2D eigenvalue weighted by atomic mass is 10.0. The Balaban J connectivity index is 0.00000225. The summed E-state index contributed by atoms with van der Waals surface area (Å²) in [6.45, 7) is 7.11. The van der Waals surface area contributed by atoms with Crippen molar-refractivity contribution in [2.45, 2.75) is 20.0 Å². The second-order valence-electron chi connectivity index (χ2n) is 5.92. The Hall–Kier alpha value is -1.88. The number of carbonyl (C=O) groups is 1. The van der Waals surface area contributed by atoms with Crippen LogP contribution in [0, 0.1) is 0 Å². The third kappa shape index (κ3) is 3.71. The number of hydrogen-bond donors (Lipinski definition) is 1. The first-order chi connectivity index (χ1) is 11.7. The number of hydrogen-bond acceptors (Lipinski definition) is 4. The normalized spacial score (nSPS) is 14.6. The van der Waals surface area contributed by atoms with Gasteiger partial charge in [-0.05, 0) is 35.8 Å². The van der Waals surface area contributed by atoms with Crippen molar-refractivity contribution in [3.05, 3.63) is 59.2 Å². The van der Waals surface area contributed by atoms with E-state index in [1.807, 2.05) is 36.4 Å². The van der Waals surface area contributed by atoms with Crippen molar-refractivity contribution in [1.29, 1.82) is 0 Å².